The monoisotopic (exact) mass is 247 g/mol. The van der Waals surface area contributed by atoms with Gasteiger partial charge in [-0.05, 0) is 12.1 Å². The molecular weight excluding hydrogens is 237 g/mol. The highest BCUT2D eigenvalue weighted by molar-refractivity contribution is 5.79. The summed E-state index contributed by atoms with van der Waals surface area (Å²) in [7, 11) is 0. The standard InChI is InChI=1S/C12H10FN3O2/c13-9-3-1-2-7(4-9)11-15-12(18-16-11)8-5-10(17)14-6-8/h1-4,8H,5-6H2,(H,14,17). The van der Waals surface area contributed by atoms with Gasteiger partial charge in [0.15, 0.2) is 0 Å². The normalized spacial score (nSPS) is 18.9. The number of rotatable bonds is 2. The predicted molar refractivity (Wildman–Crippen MR) is 60.1 cm³/mol. The van der Waals surface area contributed by atoms with E-state index in [2.05, 4.69) is 15.5 Å². The van der Waals surface area contributed by atoms with Crippen LogP contribution in [0.25, 0.3) is 11.4 Å². The minimum Gasteiger partial charge on any atom is -0.355 e. The second kappa shape index (κ2) is 4.21. The van der Waals surface area contributed by atoms with E-state index in [-0.39, 0.29) is 17.6 Å². The van der Waals surface area contributed by atoms with E-state index >= 15 is 0 Å². The maximum absolute atomic E-state index is 13.1. The number of benzene rings is 1. The molecule has 1 amide bonds. The lowest BCUT2D eigenvalue weighted by molar-refractivity contribution is -0.119. The largest absolute Gasteiger partial charge is 0.355 e. The smallest absolute Gasteiger partial charge is 0.232 e. The maximum atomic E-state index is 13.1. The van der Waals surface area contributed by atoms with Gasteiger partial charge in [-0.2, -0.15) is 4.98 Å². The molecule has 1 N–H and O–H groups in total. The molecule has 0 saturated carbocycles. The number of hydrogen-bond acceptors (Lipinski definition) is 4. The lowest BCUT2D eigenvalue weighted by Gasteiger charge is -1.97. The Morgan fingerprint density at radius 1 is 1.44 bits per heavy atom. The van der Waals surface area contributed by atoms with E-state index in [0.29, 0.717) is 30.2 Å². The Balaban J connectivity index is 1.87. The van der Waals surface area contributed by atoms with Crippen LogP contribution < -0.4 is 5.32 Å². The molecule has 2 aromatic rings. The Kier molecular flexibility index (Phi) is 2.55. The zero-order chi connectivity index (χ0) is 12.5. The molecule has 6 heteroatoms. The molecule has 0 radical (unpaired) electrons. The van der Waals surface area contributed by atoms with E-state index in [0.717, 1.165) is 0 Å². The molecule has 18 heavy (non-hydrogen) atoms. The van der Waals surface area contributed by atoms with Crippen molar-refractivity contribution in [1.29, 1.82) is 0 Å². The Hall–Kier alpha value is -2.24. The molecule has 2 heterocycles. The molecule has 0 spiro atoms. The van der Waals surface area contributed by atoms with Crippen LogP contribution in [0.5, 0.6) is 0 Å². The highest BCUT2D eigenvalue weighted by Gasteiger charge is 2.28. The van der Waals surface area contributed by atoms with Crippen LogP contribution in [0, 0.1) is 5.82 Å². The van der Waals surface area contributed by atoms with Crippen LogP contribution >= 0.6 is 0 Å². The average molecular weight is 247 g/mol. The molecule has 1 aliphatic heterocycles. The van der Waals surface area contributed by atoms with Crippen LogP contribution in [0.3, 0.4) is 0 Å². The number of amides is 1. The second-order valence-electron chi connectivity index (χ2n) is 4.17. The van der Waals surface area contributed by atoms with Gasteiger partial charge in [-0.25, -0.2) is 4.39 Å². The van der Waals surface area contributed by atoms with Gasteiger partial charge in [0.2, 0.25) is 17.6 Å². The topological polar surface area (TPSA) is 68.0 Å². The fraction of sp³-hybridized carbons (Fsp3) is 0.250. The van der Waals surface area contributed by atoms with Crippen molar-refractivity contribution in [1.82, 2.24) is 15.5 Å². The van der Waals surface area contributed by atoms with Crippen molar-refractivity contribution in [2.24, 2.45) is 0 Å². The van der Waals surface area contributed by atoms with Gasteiger partial charge in [-0.3, -0.25) is 4.79 Å². The molecule has 1 aliphatic rings. The molecule has 5 nitrogen and oxygen atoms in total. The number of aromatic nitrogens is 2. The molecule has 1 atom stereocenters. The highest BCUT2D eigenvalue weighted by Crippen LogP contribution is 2.24. The van der Waals surface area contributed by atoms with Gasteiger partial charge in [0.25, 0.3) is 0 Å². The summed E-state index contributed by atoms with van der Waals surface area (Å²) in [6.07, 6.45) is 0.352. The Bertz CT molecular complexity index is 597. The van der Waals surface area contributed by atoms with Gasteiger partial charge < -0.3 is 9.84 Å². The Morgan fingerprint density at radius 3 is 3.06 bits per heavy atom. The van der Waals surface area contributed by atoms with Crippen molar-refractivity contribution >= 4 is 5.91 Å². The average Bonchev–Trinajstić information content (AvgIpc) is 2.97. The van der Waals surface area contributed by atoms with Crippen LogP contribution in [0.2, 0.25) is 0 Å². The summed E-state index contributed by atoms with van der Waals surface area (Å²) in [5.74, 6) is 0.283. The lowest BCUT2D eigenvalue weighted by atomic mass is 10.1. The molecule has 1 saturated heterocycles. The predicted octanol–water partition coefficient (Wildman–Crippen LogP) is 1.48. The summed E-state index contributed by atoms with van der Waals surface area (Å²) >= 11 is 0. The summed E-state index contributed by atoms with van der Waals surface area (Å²) < 4.78 is 18.2. The van der Waals surface area contributed by atoms with Gasteiger partial charge in [-0.1, -0.05) is 17.3 Å². The van der Waals surface area contributed by atoms with Gasteiger partial charge in [0.05, 0.1) is 5.92 Å². The Morgan fingerprint density at radius 2 is 2.33 bits per heavy atom. The molecule has 1 unspecified atom stereocenters. The maximum Gasteiger partial charge on any atom is 0.232 e. The van der Waals surface area contributed by atoms with Crippen molar-refractivity contribution < 1.29 is 13.7 Å². The first-order valence-electron chi connectivity index (χ1n) is 5.58. The van der Waals surface area contributed by atoms with Crippen LogP contribution in [0.1, 0.15) is 18.2 Å². The molecule has 1 fully saturated rings. The number of halogens is 1. The third-order valence-electron chi connectivity index (χ3n) is 2.85. The highest BCUT2D eigenvalue weighted by atomic mass is 19.1. The molecule has 1 aromatic carbocycles. The van der Waals surface area contributed by atoms with Crippen LogP contribution in [-0.4, -0.2) is 22.6 Å². The summed E-state index contributed by atoms with van der Waals surface area (Å²) in [5, 5.41) is 6.50. The Labute approximate surface area is 102 Å². The van der Waals surface area contributed by atoms with Crippen molar-refractivity contribution in [2.45, 2.75) is 12.3 Å². The molecule has 92 valence electrons. The van der Waals surface area contributed by atoms with Crippen LogP contribution in [-0.2, 0) is 4.79 Å². The summed E-state index contributed by atoms with van der Waals surface area (Å²) in [6.45, 7) is 0.504. The van der Waals surface area contributed by atoms with Gasteiger partial charge in [0, 0.05) is 18.5 Å². The van der Waals surface area contributed by atoms with E-state index in [1.165, 1.54) is 12.1 Å². The quantitative estimate of drug-likeness (QED) is 0.872. The van der Waals surface area contributed by atoms with Gasteiger partial charge >= 0.3 is 0 Å². The van der Waals surface area contributed by atoms with Gasteiger partial charge in [0.1, 0.15) is 5.82 Å². The third kappa shape index (κ3) is 1.97. The lowest BCUT2D eigenvalue weighted by Crippen LogP contribution is -2.13. The van der Waals surface area contributed by atoms with Crippen molar-refractivity contribution in [3.63, 3.8) is 0 Å². The summed E-state index contributed by atoms with van der Waals surface area (Å²) in [6, 6.07) is 5.98. The molecule has 1 aromatic heterocycles. The van der Waals surface area contributed by atoms with Crippen LogP contribution in [0.15, 0.2) is 28.8 Å². The fourth-order valence-electron chi connectivity index (χ4n) is 1.93. The van der Waals surface area contributed by atoms with Crippen molar-refractivity contribution in [3.8, 4) is 11.4 Å². The minimum atomic E-state index is -0.350. The van der Waals surface area contributed by atoms with Crippen molar-refractivity contribution in [3.05, 3.63) is 36.0 Å². The zero-order valence-corrected chi connectivity index (χ0v) is 9.39. The van der Waals surface area contributed by atoms with Gasteiger partial charge in [-0.15, -0.1) is 0 Å². The molecule has 3 rings (SSSR count). The number of carbonyl (C=O) groups excluding carboxylic acids is 1. The first kappa shape index (κ1) is 10.9. The van der Waals surface area contributed by atoms with E-state index in [9.17, 15) is 9.18 Å². The first-order chi connectivity index (χ1) is 8.72. The molecular formula is C12H10FN3O2. The van der Waals surface area contributed by atoms with E-state index in [1.807, 2.05) is 0 Å². The first-order valence-corrected chi connectivity index (χ1v) is 5.58. The second-order valence-corrected chi connectivity index (χ2v) is 4.17. The zero-order valence-electron chi connectivity index (χ0n) is 9.39. The van der Waals surface area contributed by atoms with Crippen molar-refractivity contribution in [2.75, 3.05) is 6.54 Å². The molecule has 0 aliphatic carbocycles. The fourth-order valence-corrected chi connectivity index (χ4v) is 1.93. The summed E-state index contributed by atoms with van der Waals surface area (Å²) in [4.78, 5) is 15.3. The number of nitrogens with zero attached hydrogens (tertiary/aromatic N) is 2. The van der Waals surface area contributed by atoms with E-state index in [1.54, 1.807) is 12.1 Å². The van der Waals surface area contributed by atoms with E-state index in [4.69, 9.17) is 4.52 Å². The van der Waals surface area contributed by atoms with E-state index < -0.39 is 0 Å². The minimum absolute atomic E-state index is 0.0227. The third-order valence-corrected chi connectivity index (χ3v) is 2.85. The number of nitrogens with one attached hydrogen (secondary N) is 1. The summed E-state index contributed by atoms with van der Waals surface area (Å²) in [5.41, 5.74) is 0.558. The number of carbonyl (C=O) groups is 1. The molecule has 0 bridgehead atoms. The van der Waals surface area contributed by atoms with Crippen LogP contribution in [0.4, 0.5) is 4.39 Å². The SMILES string of the molecule is O=C1CC(c2nc(-c3cccc(F)c3)no2)CN1. The number of hydrogen-bond donors (Lipinski definition) is 1.